The van der Waals surface area contributed by atoms with E-state index in [1.165, 1.54) is 57.8 Å². The van der Waals surface area contributed by atoms with Crippen LogP contribution in [-0.2, 0) is 0 Å². The predicted molar refractivity (Wildman–Crippen MR) is 79.8 cm³/mol. The molecule has 0 aromatic carbocycles. The van der Waals surface area contributed by atoms with Gasteiger partial charge >= 0.3 is 0 Å². The minimum atomic E-state index is 0.467. The van der Waals surface area contributed by atoms with Crippen molar-refractivity contribution in [1.29, 1.82) is 0 Å². The zero-order valence-corrected chi connectivity index (χ0v) is 13.0. The lowest BCUT2D eigenvalue weighted by atomic mass is 9.59. The topological polar surface area (TPSA) is 12.0 Å². The first-order valence-electron chi connectivity index (χ1n) is 8.30. The molecule has 2 bridgehead atoms. The van der Waals surface area contributed by atoms with Crippen molar-refractivity contribution < 1.29 is 0 Å². The maximum Gasteiger partial charge on any atom is 0.0227 e. The van der Waals surface area contributed by atoms with Gasteiger partial charge in [0.05, 0.1) is 0 Å². The summed E-state index contributed by atoms with van der Waals surface area (Å²) in [6, 6.07) is 0. The first-order chi connectivity index (χ1) is 8.51. The highest BCUT2D eigenvalue weighted by Crippen LogP contribution is 2.48. The Morgan fingerprint density at radius 2 is 1.00 bits per heavy atom. The number of nitrogens with one attached hydrogen (secondary N) is 1. The highest BCUT2D eigenvalue weighted by molar-refractivity contribution is 5.15. The SMILES string of the molecule is CC(C)C12CCCCCCCCC(C(C)C)(C1)N2. The molecule has 0 amide bonds. The molecule has 3 aliphatic rings. The Kier molecular flexibility index (Phi) is 4.41. The van der Waals surface area contributed by atoms with Gasteiger partial charge in [-0.1, -0.05) is 66.2 Å². The normalized spacial score (nSPS) is 38.3. The third-order valence-corrected chi connectivity index (χ3v) is 5.83. The monoisotopic (exact) mass is 251 g/mol. The average Bonchev–Trinajstić information content (AvgIpc) is 2.32. The van der Waals surface area contributed by atoms with Crippen LogP contribution in [0, 0.1) is 11.8 Å². The van der Waals surface area contributed by atoms with Gasteiger partial charge in [-0.2, -0.15) is 0 Å². The van der Waals surface area contributed by atoms with Crippen molar-refractivity contribution in [2.45, 2.75) is 96.6 Å². The van der Waals surface area contributed by atoms with Gasteiger partial charge < -0.3 is 5.32 Å². The lowest BCUT2D eigenvalue weighted by Gasteiger charge is -2.62. The van der Waals surface area contributed by atoms with Gasteiger partial charge in [-0.3, -0.25) is 0 Å². The lowest BCUT2D eigenvalue weighted by molar-refractivity contribution is -0.0367. The molecule has 2 unspecified atom stereocenters. The molecule has 0 aromatic rings. The predicted octanol–water partition coefficient (Wildman–Crippen LogP) is 4.90. The average molecular weight is 251 g/mol. The van der Waals surface area contributed by atoms with Crippen LogP contribution in [-0.4, -0.2) is 11.1 Å². The van der Waals surface area contributed by atoms with Crippen LogP contribution in [0.5, 0.6) is 0 Å². The molecule has 1 aliphatic carbocycles. The Morgan fingerprint density at radius 1 is 0.667 bits per heavy atom. The molecule has 1 nitrogen and oxygen atoms in total. The minimum absolute atomic E-state index is 0.467. The van der Waals surface area contributed by atoms with E-state index in [9.17, 15) is 0 Å². The van der Waals surface area contributed by atoms with Gasteiger partial charge in [-0.25, -0.2) is 0 Å². The van der Waals surface area contributed by atoms with E-state index in [1.54, 1.807) is 0 Å². The van der Waals surface area contributed by atoms with E-state index in [2.05, 4.69) is 33.0 Å². The fraction of sp³-hybridized carbons (Fsp3) is 1.00. The molecule has 3 rings (SSSR count). The summed E-state index contributed by atoms with van der Waals surface area (Å²) in [5, 5.41) is 4.10. The van der Waals surface area contributed by atoms with E-state index in [-0.39, 0.29) is 0 Å². The van der Waals surface area contributed by atoms with Gasteiger partial charge in [0.25, 0.3) is 0 Å². The Labute approximate surface area is 114 Å². The Morgan fingerprint density at radius 3 is 1.33 bits per heavy atom. The highest BCUT2D eigenvalue weighted by Gasteiger charge is 2.55. The molecule has 2 aliphatic heterocycles. The molecule has 2 saturated heterocycles. The van der Waals surface area contributed by atoms with E-state index in [0.717, 1.165) is 11.8 Å². The van der Waals surface area contributed by atoms with Gasteiger partial charge in [0.1, 0.15) is 0 Å². The fourth-order valence-corrected chi connectivity index (χ4v) is 4.20. The van der Waals surface area contributed by atoms with Gasteiger partial charge in [0, 0.05) is 11.1 Å². The molecule has 0 radical (unpaired) electrons. The van der Waals surface area contributed by atoms with Crippen LogP contribution in [0.1, 0.15) is 85.5 Å². The van der Waals surface area contributed by atoms with Crippen molar-refractivity contribution in [3.05, 3.63) is 0 Å². The summed E-state index contributed by atoms with van der Waals surface area (Å²) in [6.07, 6.45) is 12.9. The molecule has 106 valence electrons. The van der Waals surface area contributed by atoms with Crippen molar-refractivity contribution in [3.8, 4) is 0 Å². The maximum atomic E-state index is 4.10. The van der Waals surface area contributed by atoms with Crippen molar-refractivity contribution in [2.24, 2.45) is 11.8 Å². The zero-order chi connectivity index (χ0) is 13.2. The third kappa shape index (κ3) is 2.61. The number of rotatable bonds is 2. The summed E-state index contributed by atoms with van der Waals surface area (Å²) >= 11 is 0. The molecule has 18 heavy (non-hydrogen) atoms. The molecule has 3 fully saturated rings. The molecular weight excluding hydrogens is 218 g/mol. The smallest absolute Gasteiger partial charge is 0.0227 e. The highest BCUT2D eigenvalue weighted by atomic mass is 15.2. The molecular formula is C17H33N. The molecule has 0 spiro atoms. The van der Waals surface area contributed by atoms with E-state index in [0.29, 0.717) is 11.1 Å². The largest absolute Gasteiger partial charge is 0.305 e. The van der Waals surface area contributed by atoms with Gasteiger partial charge in [0.2, 0.25) is 0 Å². The van der Waals surface area contributed by atoms with Gasteiger partial charge in [-0.05, 0) is 31.1 Å². The second-order valence-electron chi connectivity index (χ2n) is 7.54. The summed E-state index contributed by atoms with van der Waals surface area (Å²) in [7, 11) is 0. The summed E-state index contributed by atoms with van der Waals surface area (Å²) < 4.78 is 0. The van der Waals surface area contributed by atoms with Crippen molar-refractivity contribution in [2.75, 3.05) is 0 Å². The van der Waals surface area contributed by atoms with Crippen LogP contribution in [0.15, 0.2) is 0 Å². The number of hydrogen-bond donors (Lipinski definition) is 1. The lowest BCUT2D eigenvalue weighted by Crippen LogP contribution is -2.75. The van der Waals surface area contributed by atoms with Crippen molar-refractivity contribution >= 4 is 0 Å². The third-order valence-electron chi connectivity index (χ3n) is 5.83. The standard InChI is InChI=1S/C17H33N/c1-14(2)16-11-9-7-5-6-8-10-12-17(13-16,18-16)15(3)4/h14-15,18H,5-13H2,1-4H3. The van der Waals surface area contributed by atoms with Crippen LogP contribution in [0.3, 0.4) is 0 Å². The molecule has 1 N–H and O–H groups in total. The molecule has 0 aromatic heterocycles. The van der Waals surface area contributed by atoms with Gasteiger partial charge in [0.15, 0.2) is 0 Å². The molecule has 2 heterocycles. The van der Waals surface area contributed by atoms with Crippen LogP contribution < -0.4 is 5.32 Å². The summed E-state index contributed by atoms with van der Waals surface area (Å²) in [5.41, 5.74) is 0.934. The first-order valence-corrected chi connectivity index (χ1v) is 8.30. The maximum absolute atomic E-state index is 4.10. The van der Waals surface area contributed by atoms with Crippen LogP contribution in [0.25, 0.3) is 0 Å². The molecule has 1 heteroatoms. The van der Waals surface area contributed by atoms with E-state index < -0.39 is 0 Å². The van der Waals surface area contributed by atoms with Crippen molar-refractivity contribution in [1.82, 2.24) is 5.32 Å². The molecule has 1 saturated carbocycles. The summed E-state index contributed by atoms with van der Waals surface area (Å²) in [6.45, 7) is 9.65. The fourth-order valence-electron chi connectivity index (χ4n) is 4.20. The van der Waals surface area contributed by atoms with E-state index >= 15 is 0 Å². The minimum Gasteiger partial charge on any atom is -0.305 e. The van der Waals surface area contributed by atoms with Crippen LogP contribution in [0.2, 0.25) is 0 Å². The van der Waals surface area contributed by atoms with E-state index in [4.69, 9.17) is 0 Å². The second-order valence-corrected chi connectivity index (χ2v) is 7.54. The van der Waals surface area contributed by atoms with Gasteiger partial charge in [-0.15, -0.1) is 0 Å². The van der Waals surface area contributed by atoms with Crippen LogP contribution >= 0.6 is 0 Å². The quantitative estimate of drug-likeness (QED) is 0.736. The van der Waals surface area contributed by atoms with E-state index in [1.807, 2.05) is 0 Å². The summed E-state index contributed by atoms with van der Waals surface area (Å²) in [4.78, 5) is 0. The molecule has 2 atom stereocenters. The number of fused-ring (bicyclic) bond motifs is 7. The Bertz CT molecular complexity index is 235. The van der Waals surface area contributed by atoms with Crippen LogP contribution in [0.4, 0.5) is 0 Å². The zero-order valence-electron chi connectivity index (χ0n) is 13.0. The Balaban J connectivity index is 2.09. The second kappa shape index (κ2) is 5.53. The number of hydrogen-bond acceptors (Lipinski definition) is 1. The first kappa shape index (κ1) is 14.4. The summed E-state index contributed by atoms with van der Waals surface area (Å²) in [5.74, 6) is 1.57. The van der Waals surface area contributed by atoms with Crippen molar-refractivity contribution in [3.63, 3.8) is 0 Å². The Hall–Kier alpha value is -0.0400.